The Balaban J connectivity index is 1.67. The molecule has 28 heavy (non-hydrogen) atoms. The summed E-state index contributed by atoms with van der Waals surface area (Å²) >= 11 is 0. The number of hydrogen-bond acceptors (Lipinski definition) is 5. The molecule has 1 aliphatic rings. The standard InChI is InChI=1S/C21H25N3O4/c1-28-19-7-3-2-6-16(19)12-24-13-17(9-18(14-24)21(26)27)20(25)23-11-15-5-4-8-22-10-15/h2-8,10,17-18H,9,11-14H2,1H3,(H,23,25)(H,26,27)/t17-,18+/m0/s1. The molecule has 7 nitrogen and oxygen atoms in total. The molecule has 1 amide bonds. The van der Waals surface area contributed by atoms with Crippen LogP contribution in [0.1, 0.15) is 17.5 Å². The lowest BCUT2D eigenvalue weighted by Crippen LogP contribution is -2.47. The van der Waals surface area contributed by atoms with Crippen molar-refractivity contribution in [2.45, 2.75) is 19.5 Å². The van der Waals surface area contributed by atoms with Crippen LogP contribution in [-0.4, -0.2) is 47.1 Å². The third kappa shape index (κ3) is 5.07. The van der Waals surface area contributed by atoms with Crippen LogP contribution in [0.2, 0.25) is 0 Å². The van der Waals surface area contributed by atoms with Crippen molar-refractivity contribution in [3.63, 3.8) is 0 Å². The van der Waals surface area contributed by atoms with E-state index in [4.69, 9.17) is 4.74 Å². The summed E-state index contributed by atoms with van der Waals surface area (Å²) in [6.45, 7) is 1.86. The Bertz CT molecular complexity index is 812. The van der Waals surface area contributed by atoms with Crippen LogP contribution < -0.4 is 10.1 Å². The van der Waals surface area contributed by atoms with Gasteiger partial charge >= 0.3 is 5.97 Å². The molecule has 148 valence electrons. The van der Waals surface area contributed by atoms with Gasteiger partial charge in [0.25, 0.3) is 0 Å². The summed E-state index contributed by atoms with van der Waals surface area (Å²) < 4.78 is 5.39. The Morgan fingerprint density at radius 1 is 1.21 bits per heavy atom. The molecule has 7 heteroatoms. The number of amides is 1. The highest BCUT2D eigenvalue weighted by molar-refractivity contribution is 5.80. The normalized spacial score (nSPS) is 19.8. The minimum atomic E-state index is -0.866. The van der Waals surface area contributed by atoms with Crippen LogP contribution in [0.25, 0.3) is 0 Å². The molecule has 0 radical (unpaired) electrons. The number of carbonyl (C=O) groups excluding carboxylic acids is 1. The first-order chi connectivity index (χ1) is 13.6. The highest BCUT2D eigenvalue weighted by Gasteiger charge is 2.35. The molecule has 2 aromatic rings. The number of nitrogens with one attached hydrogen (secondary N) is 1. The van der Waals surface area contributed by atoms with Gasteiger partial charge in [0, 0.05) is 44.1 Å². The van der Waals surface area contributed by atoms with Gasteiger partial charge in [-0.1, -0.05) is 24.3 Å². The number of piperidine rings is 1. The first-order valence-electron chi connectivity index (χ1n) is 9.30. The fourth-order valence-electron chi connectivity index (χ4n) is 3.60. The molecule has 1 fully saturated rings. The number of carboxylic acid groups (broad SMARTS) is 1. The molecule has 2 heterocycles. The van der Waals surface area contributed by atoms with Gasteiger partial charge in [0.15, 0.2) is 0 Å². The van der Waals surface area contributed by atoms with E-state index in [1.54, 1.807) is 19.5 Å². The van der Waals surface area contributed by atoms with Crippen molar-refractivity contribution in [2.24, 2.45) is 11.8 Å². The van der Waals surface area contributed by atoms with Crippen molar-refractivity contribution in [1.29, 1.82) is 0 Å². The number of ether oxygens (including phenoxy) is 1. The van der Waals surface area contributed by atoms with Gasteiger partial charge in [-0.25, -0.2) is 0 Å². The summed E-state index contributed by atoms with van der Waals surface area (Å²) in [6.07, 6.45) is 3.73. The van der Waals surface area contributed by atoms with Gasteiger partial charge in [-0.05, 0) is 24.1 Å². The molecule has 0 unspecified atom stereocenters. The molecule has 1 aromatic heterocycles. The van der Waals surface area contributed by atoms with Gasteiger partial charge in [0.1, 0.15) is 5.75 Å². The van der Waals surface area contributed by atoms with Crippen LogP contribution in [-0.2, 0) is 22.7 Å². The summed E-state index contributed by atoms with van der Waals surface area (Å²) in [5.41, 5.74) is 1.89. The second-order valence-electron chi connectivity index (χ2n) is 7.05. The number of aliphatic carboxylic acids is 1. The zero-order valence-corrected chi connectivity index (χ0v) is 15.9. The molecule has 0 aliphatic carbocycles. The summed E-state index contributed by atoms with van der Waals surface area (Å²) in [5.74, 6) is -1.18. The summed E-state index contributed by atoms with van der Waals surface area (Å²) in [4.78, 5) is 30.4. The van der Waals surface area contributed by atoms with Crippen LogP contribution in [0, 0.1) is 11.8 Å². The number of hydrogen-bond donors (Lipinski definition) is 2. The predicted molar refractivity (Wildman–Crippen MR) is 104 cm³/mol. The van der Waals surface area contributed by atoms with Crippen LogP contribution in [0.3, 0.4) is 0 Å². The molecule has 1 aromatic carbocycles. The van der Waals surface area contributed by atoms with E-state index in [0.717, 1.165) is 16.9 Å². The van der Waals surface area contributed by atoms with E-state index in [-0.39, 0.29) is 11.8 Å². The molecule has 2 N–H and O–H groups in total. The molecular weight excluding hydrogens is 358 g/mol. The van der Waals surface area contributed by atoms with E-state index in [1.807, 2.05) is 41.3 Å². The van der Waals surface area contributed by atoms with E-state index < -0.39 is 11.9 Å². The fourth-order valence-corrected chi connectivity index (χ4v) is 3.60. The number of likely N-dealkylation sites (tertiary alicyclic amines) is 1. The van der Waals surface area contributed by atoms with E-state index in [9.17, 15) is 14.7 Å². The molecule has 2 atom stereocenters. The molecule has 1 saturated heterocycles. The van der Waals surface area contributed by atoms with Crippen LogP contribution >= 0.6 is 0 Å². The maximum atomic E-state index is 12.7. The second kappa shape index (κ2) is 9.32. The zero-order chi connectivity index (χ0) is 19.9. The fraction of sp³-hybridized carbons (Fsp3) is 0.381. The Labute approximate surface area is 164 Å². The number of para-hydroxylation sites is 1. The van der Waals surface area contributed by atoms with Crippen molar-refractivity contribution in [1.82, 2.24) is 15.2 Å². The van der Waals surface area contributed by atoms with Crippen molar-refractivity contribution in [3.05, 3.63) is 59.9 Å². The maximum absolute atomic E-state index is 12.7. The summed E-state index contributed by atoms with van der Waals surface area (Å²) in [7, 11) is 1.61. The van der Waals surface area contributed by atoms with Gasteiger partial charge in [-0.2, -0.15) is 0 Å². The molecule has 1 aliphatic heterocycles. The van der Waals surface area contributed by atoms with Gasteiger partial charge in [0.05, 0.1) is 18.9 Å². The van der Waals surface area contributed by atoms with Crippen molar-refractivity contribution < 1.29 is 19.4 Å². The number of methoxy groups -OCH3 is 1. The van der Waals surface area contributed by atoms with Crippen LogP contribution in [0.5, 0.6) is 5.75 Å². The lowest BCUT2D eigenvalue weighted by molar-refractivity contribution is -0.145. The van der Waals surface area contributed by atoms with Crippen LogP contribution in [0.4, 0.5) is 0 Å². The lowest BCUT2D eigenvalue weighted by atomic mass is 9.88. The van der Waals surface area contributed by atoms with Gasteiger partial charge in [-0.3, -0.25) is 19.5 Å². The number of pyridine rings is 1. The first-order valence-corrected chi connectivity index (χ1v) is 9.30. The Morgan fingerprint density at radius 3 is 2.71 bits per heavy atom. The molecule has 3 rings (SSSR count). The highest BCUT2D eigenvalue weighted by atomic mass is 16.5. The van der Waals surface area contributed by atoms with Gasteiger partial charge in [-0.15, -0.1) is 0 Å². The molecule has 0 bridgehead atoms. The Hall–Kier alpha value is -2.93. The number of aromatic nitrogens is 1. The number of carbonyl (C=O) groups is 2. The summed E-state index contributed by atoms with van der Waals surface area (Å²) in [6, 6.07) is 11.4. The van der Waals surface area contributed by atoms with Crippen LogP contribution in [0.15, 0.2) is 48.8 Å². The lowest BCUT2D eigenvalue weighted by Gasteiger charge is -2.35. The minimum absolute atomic E-state index is 0.125. The number of carboxylic acids is 1. The second-order valence-corrected chi connectivity index (χ2v) is 7.05. The SMILES string of the molecule is COc1ccccc1CN1C[C@H](C(=O)O)C[C@H](C(=O)NCc2cccnc2)C1. The number of nitrogens with zero attached hydrogens (tertiary/aromatic N) is 2. The monoisotopic (exact) mass is 383 g/mol. The average molecular weight is 383 g/mol. The van der Waals surface area contributed by atoms with Crippen molar-refractivity contribution in [2.75, 3.05) is 20.2 Å². The van der Waals surface area contributed by atoms with E-state index in [2.05, 4.69) is 10.3 Å². The topological polar surface area (TPSA) is 91.8 Å². The van der Waals surface area contributed by atoms with Gasteiger partial charge in [0.2, 0.25) is 5.91 Å². The Morgan fingerprint density at radius 2 is 2.00 bits per heavy atom. The molecule has 0 saturated carbocycles. The van der Waals surface area contributed by atoms with Gasteiger partial charge < -0.3 is 15.2 Å². The summed E-state index contributed by atoms with van der Waals surface area (Å²) in [5, 5.41) is 12.5. The number of benzene rings is 1. The molecule has 0 spiro atoms. The Kier molecular flexibility index (Phi) is 6.60. The third-order valence-electron chi connectivity index (χ3n) is 5.02. The molecular formula is C21H25N3O4. The largest absolute Gasteiger partial charge is 0.496 e. The van der Waals surface area contributed by atoms with Crippen molar-refractivity contribution >= 4 is 11.9 Å². The smallest absolute Gasteiger partial charge is 0.307 e. The van der Waals surface area contributed by atoms with E-state index in [1.165, 1.54) is 0 Å². The zero-order valence-electron chi connectivity index (χ0n) is 15.9. The average Bonchev–Trinajstić information content (AvgIpc) is 2.73. The number of rotatable bonds is 7. The maximum Gasteiger partial charge on any atom is 0.307 e. The highest BCUT2D eigenvalue weighted by Crippen LogP contribution is 2.26. The van der Waals surface area contributed by atoms with Crippen molar-refractivity contribution in [3.8, 4) is 5.75 Å². The van der Waals surface area contributed by atoms with E-state index >= 15 is 0 Å². The quantitative estimate of drug-likeness (QED) is 0.759. The first kappa shape index (κ1) is 19.8. The third-order valence-corrected chi connectivity index (χ3v) is 5.02. The van der Waals surface area contributed by atoms with E-state index in [0.29, 0.717) is 32.6 Å². The predicted octanol–water partition coefficient (Wildman–Crippen LogP) is 1.93. The minimum Gasteiger partial charge on any atom is -0.496 e.